The van der Waals surface area contributed by atoms with Crippen LogP contribution in [0.4, 0.5) is 4.79 Å². The Morgan fingerprint density at radius 3 is 2.04 bits per heavy atom. The fourth-order valence-corrected chi connectivity index (χ4v) is 1.74. The zero-order valence-corrected chi connectivity index (χ0v) is 16.7. The highest BCUT2D eigenvalue weighted by molar-refractivity contribution is 6.10. The second-order valence-corrected chi connectivity index (χ2v) is 5.14. The number of hydrogen-bond donors (Lipinski definition) is 1. The number of carbonyl (C=O) groups excluding carboxylic acids is 3. The molecule has 0 spiro atoms. The lowest BCUT2D eigenvalue weighted by Gasteiger charge is -2.09. The van der Waals surface area contributed by atoms with Gasteiger partial charge in [-0.25, -0.2) is 4.79 Å². The fraction of sp³-hybridized carbons (Fsp3) is 0.286. The number of benzene rings is 2. The molecule has 1 N–H and O–H groups in total. The van der Waals surface area contributed by atoms with Crippen LogP contribution in [0.1, 0.15) is 43.6 Å². The lowest BCUT2D eigenvalue weighted by molar-refractivity contribution is -0.115. The number of ketones is 2. The fourth-order valence-electron chi connectivity index (χ4n) is 1.74. The third-order valence-corrected chi connectivity index (χ3v) is 2.82. The van der Waals surface area contributed by atoms with E-state index in [1.54, 1.807) is 30.3 Å². The summed E-state index contributed by atoms with van der Waals surface area (Å²) < 4.78 is 13.9. The van der Waals surface area contributed by atoms with Gasteiger partial charge in [0.2, 0.25) is 6.79 Å². The van der Waals surface area contributed by atoms with Crippen LogP contribution in [0, 0.1) is 0 Å². The van der Waals surface area contributed by atoms with Crippen molar-refractivity contribution in [1.82, 2.24) is 0 Å². The number of hydrogen-bond acceptors (Lipinski definition) is 7. The molecule has 0 fully saturated rings. The van der Waals surface area contributed by atoms with Gasteiger partial charge in [-0.05, 0) is 26.0 Å². The quantitative estimate of drug-likeness (QED) is 0.460. The molecule has 0 heterocycles. The number of methoxy groups -OCH3 is 1. The predicted molar refractivity (Wildman–Crippen MR) is 105 cm³/mol. The van der Waals surface area contributed by atoms with E-state index in [4.69, 9.17) is 4.74 Å². The highest BCUT2D eigenvalue weighted by atomic mass is 16.8. The molecule has 0 saturated heterocycles. The van der Waals surface area contributed by atoms with Crippen molar-refractivity contribution in [2.45, 2.75) is 27.7 Å². The Labute approximate surface area is 164 Å². The Morgan fingerprint density at radius 1 is 0.964 bits per heavy atom. The smallest absolute Gasteiger partial charge is 0.507 e. The van der Waals surface area contributed by atoms with Crippen LogP contribution in [-0.4, -0.2) is 36.7 Å². The van der Waals surface area contributed by atoms with Crippen molar-refractivity contribution in [1.29, 1.82) is 0 Å². The van der Waals surface area contributed by atoms with E-state index in [-0.39, 0.29) is 35.4 Å². The molecular weight excluding hydrogens is 364 g/mol. The van der Waals surface area contributed by atoms with Crippen LogP contribution >= 0.6 is 0 Å². The molecule has 0 aromatic heterocycles. The van der Waals surface area contributed by atoms with E-state index in [1.807, 2.05) is 13.8 Å². The molecule has 0 radical (unpaired) electrons. The van der Waals surface area contributed by atoms with Gasteiger partial charge in [-0.1, -0.05) is 44.2 Å². The van der Waals surface area contributed by atoms with Gasteiger partial charge in [0.05, 0.1) is 12.7 Å². The lowest BCUT2D eigenvalue weighted by Crippen LogP contribution is -2.10. The standard InChI is InChI=1S/C16H14O6.C3H6O.C2H6/c1-20-16(19)22-10-21-12-7-8-13(14(17)9-12)15(18)11-5-3-2-4-6-11;1-3(2)4;1-2/h2-9,17H,10H2,1H3;1-2H3;1-2H3. The maximum Gasteiger partial charge on any atom is 0.510 e. The van der Waals surface area contributed by atoms with Gasteiger partial charge in [-0.15, -0.1) is 0 Å². The summed E-state index contributed by atoms with van der Waals surface area (Å²) in [6, 6.07) is 12.8. The van der Waals surface area contributed by atoms with Gasteiger partial charge in [0.15, 0.2) is 5.78 Å². The highest BCUT2D eigenvalue weighted by Gasteiger charge is 2.14. The number of aromatic hydroxyl groups is 1. The number of phenols is 1. The molecule has 0 aliphatic rings. The Kier molecular flexibility index (Phi) is 12.2. The molecule has 0 amide bonds. The molecule has 2 rings (SSSR count). The van der Waals surface area contributed by atoms with Crippen LogP contribution in [-0.2, 0) is 14.3 Å². The van der Waals surface area contributed by atoms with Crippen LogP contribution in [0.15, 0.2) is 48.5 Å². The minimum atomic E-state index is -0.875. The Hall–Kier alpha value is -3.35. The lowest BCUT2D eigenvalue weighted by atomic mass is 10.0. The molecule has 0 aliphatic heterocycles. The first-order valence-electron chi connectivity index (χ1n) is 8.58. The van der Waals surface area contributed by atoms with E-state index in [9.17, 15) is 19.5 Å². The van der Waals surface area contributed by atoms with Crippen molar-refractivity contribution in [3.8, 4) is 11.5 Å². The Morgan fingerprint density at radius 2 is 1.54 bits per heavy atom. The molecule has 152 valence electrons. The second-order valence-electron chi connectivity index (χ2n) is 5.14. The van der Waals surface area contributed by atoms with E-state index in [0.29, 0.717) is 5.56 Å². The van der Waals surface area contributed by atoms with E-state index < -0.39 is 6.16 Å². The maximum atomic E-state index is 12.2. The van der Waals surface area contributed by atoms with Gasteiger partial charge in [0.1, 0.15) is 17.3 Å². The average Bonchev–Trinajstić information content (AvgIpc) is 2.69. The van der Waals surface area contributed by atoms with Crippen LogP contribution in [0.25, 0.3) is 0 Å². The van der Waals surface area contributed by atoms with Crippen molar-refractivity contribution < 1.29 is 33.7 Å². The zero-order valence-electron chi connectivity index (χ0n) is 16.7. The Bertz CT molecular complexity index is 751. The molecule has 7 heteroatoms. The van der Waals surface area contributed by atoms with E-state index in [0.717, 1.165) is 0 Å². The molecule has 2 aromatic carbocycles. The average molecular weight is 390 g/mol. The third kappa shape index (κ3) is 9.38. The summed E-state index contributed by atoms with van der Waals surface area (Å²) in [5.74, 6) is -0.0918. The van der Waals surface area contributed by atoms with Crippen LogP contribution in [0.5, 0.6) is 11.5 Å². The molecule has 2 aromatic rings. The number of Topliss-reactive ketones (excluding diaryl/α,β-unsaturated/α-hetero) is 1. The number of rotatable bonds is 5. The molecular formula is C21H26O7. The first kappa shape index (κ1) is 24.7. The summed E-state index contributed by atoms with van der Waals surface area (Å²) in [4.78, 5) is 32.4. The first-order chi connectivity index (χ1) is 13.3. The summed E-state index contributed by atoms with van der Waals surface area (Å²) in [6.07, 6.45) is -0.875. The van der Waals surface area contributed by atoms with Crippen LogP contribution in [0.2, 0.25) is 0 Å². The first-order valence-corrected chi connectivity index (χ1v) is 8.58. The summed E-state index contributed by atoms with van der Waals surface area (Å²) in [7, 11) is 1.18. The van der Waals surface area contributed by atoms with E-state index in [2.05, 4.69) is 9.47 Å². The number of ether oxygens (including phenoxy) is 3. The molecule has 0 saturated carbocycles. The number of carbonyl (C=O) groups is 3. The van der Waals surface area contributed by atoms with Crippen molar-refractivity contribution in [3.05, 3.63) is 59.7 Å². The monoisotopic (exact) mass is 390 g/mol. The second kappa shape index (κ2) is 13.8. The highest BCUT2D eigenvalue weighted by Crippen LogP contribution is 2.25. The van der Waals surface area contributed by atoms with Gasteiger partial charge in [0.25, 0.3) is 0 Å². The molecule has 0 aliphatic carbocycles. The molecule has 0 unspecified atom stereocenters. The van der Waals surface area contributed by atoms with E-state index >= 15 is 0 Å². The molecule has 0 bridgehead atoms. The predicted octanol–water partition coefficient (Wildman–Crippen LogP) is 4.36. The SMILES string of the molecule is CC.CC(C)=O.COC(=O)OCOc1ccc(C(=O)c2ccccc2)c(O)c1. The largest absolute Gasteiger partial charge is 0.510 e. The van der Waals surface area contributed by atoms with Gasteiger partial charge in [-0.3, -0.25) is 4.79 Å². The molecule has 7 nitrogen and oxygen atoms in total. The van der Waals surface area contributed by atoms with Crippen molar-refractivity contribution in [3.63, 3.8) is 0 Å². The maximum absolute atomic E-state index is 12.2. The van der Waals surface area contributed by atoms with Gasteiger partial charge in [-0.2, -0.15) is 0 Å². The van der Waals surface area contributed by atoms with Crippen molar-refractivity contribution in [2.75, 3.05) is 13.9 Å². The number of phenolic OH excluding ortho intramolecular Hbond substituents is 1. The van der Waals surface area contributed by atoms with Gasteiger partial charge in [0, 0.05) is 11.6 Å². The van der Waals surface area contributed by atoms with Gasteiger partial charge >= 0.3 is 6.16 Å². The normalized spacial score (nSPS) is 8.89. The summed E-state index contributed by atoms with van der Waals surface area (Å²) in [5, 5.41) is 9.94. The van der Waals surface area contributed by atoms with Crippen molar-refractivity contribution >= 4 is 17.7 Å². The van der Waals surface area contributed by atoms with E-state index in [1.165, 1.54) is 39.2 Å². The van der Waals surface area contributed by atoms with Gasteiger partial charge < -0.3 is 24.1 Å². The van der Waals surface area contributed by atoms with Crippen LogP contribution < -0.4 is 4.74 Å². The minimum Gasteiger partial charge on any atom is -0.507 e. The summed E-state index contributed by atoms with van der Waals surface area (Å²) >= 11 is 0. The zero-order chi connectivity index (χ0) is 21.5. The minimum absolute atomic E-state index is 0.160. The summed E-state index contributed by atoms with van der Waals surface area (Å²) in [5.41, 5.74) is 0.632. The topological polar surface area (TPSA) is 99.1 Å². The molecule has 0 atom stereocenters. The summed E-state index contributed by atoms with van der Waals surface area (Å²) in [6.45, 7) is 6.69. The van der Waals surface area contributed by atoms with Crippen molar-refractivity contribution in [2.24, 2.45) is 0 Å². The third-order valence-electron chi connectivity index (χ3n) is 2.82. The Balaban J connectivity index is 0.00000108. The molecule has 28 heavy (non-hydrogen) atoms. The van der Waals surface area contributed by atoms with Crippen LogP contribution in [0.3, 0.4) is 0 Å².